The molecule has 6 nitrogen and oxygen atoms in total. The average Bonchev–Trinajstić information content (AvgIpc) is 2.78. The first-order valence-electron chi connectivity index (χ1n) is 10.00. The number of hydrogen-bond acceptors (Lipinski definition) is 4. The Morgan fingerprint density at radius 3 is 2.41 bits per heavy atom. The van der Waals surface area contributed by atoms with Gasteiger partial charge < -0.3 is 10.1 Å². The second-order valence-electron chi connectivity index (χ2n) is 7.28. The molecule has 8 heteroatoms. The number of benzene rings is 3. The maximum absolute atomic E-state index is 13.6. The lowest BCUT2D eigenvalue weighted by Gasteiger charge is -2.23. The molecular formula is C24H25ClN2O4S. The van der Waals surface area contributed by atoms with Gasteiger partial charge in [-0.1, -0.05) is 66.2 Å². The van der Waals surface area contributed by atoms with E-state index in [1.165, 1.54) is 7.11 Å². The van der Waals surface area contributed by atoms with Crippen molar-refractivity contribution in [2.24, 2.45) is 0 Å². The molecule has 3 aromatic carbocycles. The number of halogens is 1. The first kappa shape index (κ1) is 23.8. The molecule has 32 heavy (non-hydrogen) atoms. The van der Waals surface area contributed by atoms with Crippen LogP contribution in [0.1, 0.15) is 16.7 Å². The molecule has 1 N–H and O–H groups in total. The molecule has 0 fully saturated rings. The number of carbonyl (C=O) groups is 1. The highest BCUT2D eigenvalue weighted by Gasteiger charge is 2.30. The van der Waals surface area contributed by atoms with Crippen LogP contribution in [0.3, 0.4) is 0 Å². The lowest BCUT2D eigenvalue weighted by atomic mass is 10.2. The molecule has 0 saturated carbocycles. The van der Waals surface area contributed by atoms with E-state index in [0.717, 1.165) is 21.0 Å². The van der Waals surface area contributed by atoms with E-state index in [-0.39, 0.29) is 30.3 Å². The average molecular weight is 473 g/mol. The standard InChI is InChI=1S/C24H25ClN2O4S/c1-18-12-13-22(31-2)23(14-18)32(29,30)27(16-19-8-4-3-5-9-19)17-24(28)26-15-20-10-6-7-11-21(20)25/h3-14H,15-17H2,1-2H3,(H,26,28). The van der Waals surface area contributed by atoms with Gasteiger partial charge >= 0.3 is 0 Å². The number of rotatable bonds is 9. The van der Waals surface area contributed by atoms with Crippen molar-refractivity contribution < 1.29 is 17.9 Å². The van der Waals surface area contributed by atoms with Crippen LogP contribution in [-0.2, 0) is 27.9 Å². The van der Waals surface area contributed by atoms with E-state index in [2.05, 4.69) is 5.32 Å². The Hall–Kier alpha value is -2.87. The first-order chi connectivity index (χ1) is 15.3. The molecular weight excluding hydrogens is 448 g/mol. The minimum absolute atomic E-state index is 0.0230. The Morgan fingerprint density at radius 1 is 1.03 bits per heavy atom. The summed E-state index contributed by atoms with van der Waals surface area (Å²) >= 11 is 6.15. The summed E-state index contributed by atoms with van der Waals surface area (Å²) in [6.45, 7) is 1.69. The Kier molecular flexibility index (Phi) is 7.90. The summed E-state index contributed by atoms with van der Waals surface area (Å²) in [7, 11) is -2.61. The van der Waals surface area contributed by atoms with E-state index in [0.29, 0.717) is 5.02 Å². The zero-order valence-electron chi connectivity index (χ0n) is 17.9. The molecule has 1 amide bonds. The van der Waals surface area contributed by atoms with Gasteiger partial charge in [0.05, 0.1) is 13.7 Å². The summed E-state index contributed by atoms with van der Waals surface area (Å²) in [5.74, 6) is -0.207. The van der Waals surface area contributed by atoms with E-state index in [4.69, 9.17) is 16.3 Å². The van der Waals surface area contributed by atoms with E-state index in [9.17, 15) is 13.2 Å². The van der Waals surface area contributed by atoms with Crippen LogP contribution in [0, 0.1) is 6.92 Å². The van der Waals surface area contributed by atoms with Gasteiger partial charge in [-0.05, 0) is 41.8 Å². The van der Waals surface area contributed by atoms with Gasteiger partial charge in [0.1, 0.15) is 10.6 Å². The molecule has 0 heterocycles. The number of nitrogens with zero attached hydrogens (tertiary/aromatic N) is 1. The SMILES string of the molecule is COc1ccc(C)cc1S(=O)(=O)N(CC(=O)NCc1ccccc1Cl)Cc1ccccc1. The predicted molar refractivity (Wildman–Crippen MR) is 125 cm³/mol. The van der Waals surface area contributed by atoms with Gasteiger partial charge in [0, 0.05) is 18.1 Å². The number of aryl methyl sites for hydroxylation is 1. The van der Waals surface area contributed by atoms with Crippen molar-refractivity contribution in [2.75, 3.05) is 13.7 Å². The topological polar surface area (TPSA) is 75.7 Å². The number of nitrogens with one attached hydrogen (secondary N) is 1. The van der Waals surface area contributed by atoms with E-state index < -0.39 is 15.9 Å². The maximum Gasteiger partial charge on any atom is 0.247 e. The number of carbonyl (C=O) groups excluding carboxylic acids is 1. The number of ether oxygens (including phenoxy) is 1. The quantitative estimate of drug-likeness (QED) is 0.507. The van der Waals surface area contributed by atoms with Crippen LogP contribution in [-0.4, -0.2) is 32.3 Å². The smallest absolute Gasteiger partial charge is 0.247 e. The second-order valence-corrected chi connectivity index (χ2v) is 9.59. The molecule has 0 aliphatic rings. The van der Waals surface area contributed by atoms with Crippen LogP contribution in [0.2, 0.25) is 5.02 Å². The Balaban J connectivity index is 1.87. The van der Waals surface area contributed by atoms with Crippen LogP contribution in [0.25, 0.3) is 0 Å². The molecule has 3 aromatic rings. The van der Waals surface area contributed by atoms with Crippen LogP contribution < -0.4 is 10.1 Å². The van der Waals surface area contributed by atoms with Crippen molar-refractivity contribution in [1.29, 1.82) is 0 Å². The molecule has 3 rings (SSSR count). The van der Waals surface area contributed by atoms with Crippen LogP contribution in [0.4, 0.5) is 0 Å². The van der Waals surface area contributed by atoms with Crippen LogP contribution >= 0.6 is 11.6 Å². The lowest BCUT2D eigenvalue weighted by Crippen LogP contribution is -2.40. The molecule has 0 unspecified atom stereocenters. The second kappa shape index (κ2) is 10.6. The largest absolute Gasteiger partial charge is 0.495 e. The molecule has 0 aromatic heterocycles. The monoisotopic (exact) mass is 472 g/mol. The molecule has 0 atom stereocenters. The highest BCUT2D eigenvalue weighted by molar-refractivity contribution is 7.89. The first-order valence-corrected chi connectivity index (χ1v) is 11.8. The third-order valence-corrected chi connectivity index (χ3v) is 7.07. The normalized spacial score (nSPS) is 11.4. The van der Waals surface area contributed by atoms with Crippen molar-refractivity contribution in [2.45, 2.75) is 24.9 Å². The summed E-state index contributed by atoms with van der Waals surface area (Å²) in [4.78, 5) is 12.8. The van der Waals surface area contributed by atoms with Gasteiger partial charge in [-0.2, -0.15) is 4.31 Å². The minimum atomic E-state index is -4.03. The van der Waals surface area contributed by atoms with E-state index in [1.807, 2.05) is 36.4 Å². The van der Waals surface area contributed by atoms with Gasteiger partial charge in [-0.25, -0.2) is 8.42 Å². The fourth-order valence-electron chi connectivity index (χ4n) is 3.19. The van der Waals surface area contributed by atoms with Crippen molar-refractivity contribution in [3.63, 3.8) is 0 Å². The maximum atomic E-state index is 13.6. The molecule has 0 saturated heterocycles. The number of sulfonamides is 1. The molecule has 0 spiro atoms. The van der Waals surface area contributed by atoms with E-state index in [1.54, 1.807) is 43.3 Å². The van der Waals surface area contributed by atoms with Crippen molar-refractivity contribution in [3.05, 3.63) is 94.5 Å². The van der Waals surface area contributed by atoms with E-state index >= 15 is 0 Å². The number of methoxy groups -OCH3 is 1. The van der Waals surface area contributed by atoms with Crippen LogP contribution in [0.5, 0.6) is 5.75 Å². The fraction of sp³-hybridized carbons (Fsp3) is 0.208. The summed E-state index contributed by atoms with van der Waals surface area (Å²) < 4.78 is 33.6. The van der Waals surface area contributed by atoms with Gasteiger partial charge in [0.25, 0.3) is 0 Å². The Bertz CT molecular complexity index is 1180. The van der Waals surface area contributed by atoms with Gasteiger partial charge in [0.15, 0.2) is 0 Å². The van der Waals surface area contributed by atoms with Crippen molar-refractivity contribution >= 4 is 27.5 Å². The molecule has 0 radical (unpaired) electrons. The third kappa shape index (κ3) is 5.88. The fourth-order valence-corrected chi connectivity index (χ4v) is 5.02. The number of hydrogen-bond donors (Lipinski definition) is 1. The minimum Gasteiger partial charge on any atom is -0.495 e. The summed E-state index contributed by atoms with van der Waals surface area (Å²) in [5.41, 5.74) is 2.29. The van der Waals surface area contributed by atoms with Crippen LogP contribution in [0.15, 0.2) is 77.7 Å². The molecule has 168 valence electrons. The summed E-state index contributed by atoms with van der Waals surface area (Å²) in [6.07, 6.45) is 0. The molecule has 0 aliphatic heterocycles. The lowest BCUT2D eigenvalue weighted by molar-refractivity contribution is -0.121. The zero-order chi connectivity index (χ0) is 23.1. The number of amides is 1. The zero-order valence-corrected chi connectivity index (χ0v) is 19.5. The van der Waals surface area contributed by atoms with Gasteiger partial charge in [0.2, 0.25) is 15.9 Å². The van der Waals surface area contributed by atoms with Gasteiger partial charge in [-0.15, -0.1) is 0 Å². The summed E-state index contributed by atoms with van der Waals surface area (Å²) in [6, 6.07) is 21.2. The predicted octanol–water partition coefficient (Wildman–Crippen LogP) is 4.16. The highest BCUT2D eigenvalue weighted by atomic mass is 35.5. The molecule has 0 bridgehead atoms. The highest BCUT2D eigenvalue weighted by Crippen LogP contribution is 2.28. The Labute approximate surface area is 193 Å². The third-order valence-electron chi connectivity index (χ3n) is 4.89. The molecule has 0 aliphatic carbocycles. The Morgan fingerprint density at radius 2 is 1.72 bits per heavy atom. The van der Waals surface area contributed by atoms with Crippen molar-refractivity contribution in [1.82, 2.24) is 9.62 Å². The van der Waals surface area contributed by atoms with Crippen molar-refractivity contribution in [3.8, 4) is 5.75 Å². The summed E-state index contributed by atoms with van der Waals surface area (Å²) in [5, 5.41) is 3.29. The van der Waals surface area contributed by atoms with Gasteiger partial charge in [-0.3, -0.25) is 4.79 Å².